The summed E-state index contributed by atoms with van der Waals surface area (Å²) in [6, 6.07) is 14.2. The van der Waals surface area contributed by atoms with E-state index in [4.69, 9.17) is 14.2 Å². The molecule has 0 aliphatic carbocycles. The van der Waals surface area contributed by atoms with Crippen molar-refractivity contribution in [2.45, 2.75) is 31.7 Å². The van der Waals surface area contributed by atoms with Crippen LogP contribution in [0.4, 0.5) is 21.7 Å². The number of alkyl halides is 1. The number of anilines is 3. The lowest BCUT2D eigenvalue weighted by Crippen LogP contribution is -2.50. The van der Waals surface area contributed by atoms with Crippen molar-refractivity contribution in [1.82, 2.24) is 25.2 Å². The Morgan fingerprint density at radius 3 is 2.69 bits per heavy atom. The Kier molecular flexibility index (Phi) is 9.78. The van der Waals surface area contributed by atoms with E-state index in [1.54, 1.807) is 0 Å². The van der Waals surface area contributed by atoms with Crippen LogP contribution in [0.3, 0.4) is 0 Å². The van der Waals surface area contributed by atoms with Crippen LogP contribution in [0, 0.1) is 6.92 Å². The first-order chi connectivity index (χ1) is 20.4. The Morgan fingerprint density at radius 1 is 1.19 bits per heavy atom. The SMILES string of the molecule is COCC(=O)N1CC[C@H](Oc2ccc(-c3ncnc(Nc4ccc(N(C)CCNC5COC5)cc4)n3)cc2C)[C@H](F)C1. The number of aromatic nitrogens is 3. The second kappa shape index (κ2) is 13.9. The molecule has 2 fully saturated rings. The summed E-state index contributed by atoms with van der Waals surface area (Å²) in [6.07, 6.45) is -0.0291. The standard InChI is InChI=1S/C30H38FN7O4/c1-20-14-21(4-9-26(20)42-27-10-12-38(15-25(27)31)28(39)18-40-3)29-33-19-34-30(36-29)35-22-5-7-24(8-6-22)37(2)13-11-32-23-16-41-17-23/h4-9,14,19,23,25,27,32H,10-13,15-18H2,1-3H3,(H,33,34,35,36)/t25-,27+/m1/s1. The van der Waals surface area contributed by atoms with Gasteiger partial charge in [-0.25, -0.2) is 14.4 Å². The number of nitrogens with one attached hydrogen (secondary N) is 2. The number of likely N-dealkylation sites (N-methyl/N-ethyl adjacent to an activating group) is 1. The number of nitrogens with zero attached hydrogens (tertiary/aromatic N) is 5. The number of methoxy groups -OCH3 is 1. The van der Waals surface area contributed by atoms with Gasteiger partial charge in [0.15, 0.2) is 12.0 Å². The van der Waals surface area contributed by atoms with Crippen molar-refractivity contribution >= 4 is 23.2 Å². The van der Waals surface area contributed by atoms with E-state index < -0.39 is 12.3 Å². The van der Waals surface area contributed by atoms with E-state index in [0.29, 0.717) is 36.5 Å². The second-order valence-corrected chi connectivity index (χ2v) is 10.6. The highest BCUT2D eigenvalue weighted by Crippen LogP contribution is 2.28. The van der Waals surface area contributed by atoms with Gasteiger partial charge in [-0.15, -0.1) is 0 Å². The summed E-state index contributed by atoms with van der Waals surface area (Å²) in [7, 11) is 3.52. The molecule has 0 saturated carbocycles. The number of halogens is 1. The Balaban J connectivity index is 1.16. The van der Waals surface area contributed by atoms with Gasteiger partial charge in [-0.1, -0.05) is 0 Å². The summed E-state index contributed by atoms with van der Waals surface area (Å²) in [6.45, 7) is 5.67. The molecule has 2 N–H and O–H groups in total. The van der Waals surface area contributed by atoms with Gasteiger partial charge in [0.2, 0.25) is 11.9 Å². The quantitative estimate of drug-likeness (QED) is 0.332. The van der Waals surface area contributed by atoms with E-state index in [2.05, 4.69) is 49.7 Å². The van der Waals surface area contributed by atoms with Gasteiger partial charge in [0, 0.05) is 57.2 Å². The second-order valence-electron chi connectivity index (χ2n) is 10.6. The molecule has 0 bridgehead atoms. The van der Waals surface area contributed by atoms with Gasteiger partial charge in [-0.05, 0) is 55.0 Å². The minimum Gasteiger partial charge on any atom is -0.487 e. The third-order valence-electron chi connectivity index (χ3n) is 7.47. The van der Waals surface area contributed by atoms with Gasteiger partial charge in [0.05, 0.1) is 25.8 Å². The predicted octanol–water partition coefficient (Wildman–Crippen LogP) is 2.98. The lowest BCUT2D eigenvalue weighted by Gasteiger charge is -2.35. The molecule has 3 aromatic rings. The molecule has 5 rings (SSSR count). The van der Waals surface area contributed by atoms with E-state index in [1.807, 2.05) is 37.3 Å². The number of aryl methyl sites for hydroxylation is 1. The molecule has 11 nitrogen and oxygen atoms in total. The lowest BCUT2D eigenvalue weighted by atomic mass is 10.0. The maximum absolute atomic E-state index is 14.8. The van der Waals surface area contributed by atoms with Crippen LogP contribution in [-0.4, -0.2) is 104 Å². The minimum absolute atomic E-state index is 0.00188. The Morgan fingerprint density at radius 2 is 2.00 bits per heavy atom. The first-order valence-electron chi connectivity index (χ1n) is 14.2. The average Bonchev–Trinajstić information content (AvgIpc) is 2.97. The summed E-state index contributed by atoms with van der Waals surface area (Å²) in [5.74, 6) is 1.32. The molecule has 2 saturated heterocycles. The number of carbonyl (C=O) groups excluding carboxylic acids is 1. The highest BCUT2D eigenvalue weighted by Gasteiger charge is 2.33. The maximum Gasteiger partial charge on any atom is 0.248 e. The normalized spacial score (nSPS) is 18.8. The molecule has 0 radical (unpaired) electrons. The van der Waals surface area contributed by atoms with Crippen LogP contribution >= 0.6 is 0 Å². The van der Waals surface area contributed by atoms with Gasteiger partial charge < -0.3 is 34.6 Å². The Hall–Kier alpha value is -3.87. The fourth-order valence-electron chi connectivity index (χ4n) is 4.88. The van der Waals surface area contributed by atoms with Gasteiger partial charge in [0.1, 0.15) is 24.8 Å². The summed E-state index contributed by atoms with van der Waals surface area (Å²) in [5, 5.41) is 6.73. The Labute approximate surface area is 245 Å². The first-order valence-corrected chi connectivity index (χ1v) is 14.2. The smallest absolute Gasteiger partial charge is 0.248 e. The zero-order chi connectivity index (χ0) is 29.5. The molecule has 2 aliphatic heterocycles. The fraction of sp³-hybridized carbons (Fsp3) is 0.467. The Bertz CT molecular complexity index is 1340. The first kappa shape index (κ1) is 29.6. The zero-order valence-corrected chi connectivity index (χ0v) is 24.3. The topological polar surface area (TPSA) is 114 Å². The number of amides is 1. The molecule has 2 atom stereocenters. The summed E-state index contributed by atoms with van der Waals surface area (Å²) < 4.78 is 30.9. The van der Waals surface area contributed by atoms with Crippen molar-refractivity contribution in [3.05, 3.63) is 54.4 Å². The van der Waals surface area contributed by atoms with Crippen LogP contribution < -0.4 is 20.3 Å². The predicted molar refractivity (Wildman–Crippen MR) is 158 cm³/mol. The largest absolute Gasteiger partial charge is 0.487 e. The molecular weight excluding hydrogens is 541 g/mol. The van der Waals surface area contributed by atoms with Gasteiger partial charge in [-0.2, -0.15) is 4.98 Å². The zero-order valence-electron chi connectivity index (χ0n) is 24.3. The number of hydrogen-bond acceptors (Lipinski definition) is 10. The number of benzene rings is 2. The highest BCUT2D eigenvalue weighted by atomic mass is 19.1. The molecule has 3 heterocycles. The van der Waals surface area contributed by atoms with E-state index in [0.717, 1.165) is 48.8 Å². The number of rotatable bonds is 12. The molecule has 0 unspecified atom stereocenters. The van der Waals surface area contributed by atoms with Gasteiger partial charge in [-0.3, -0.25) is 4.79 Å². The monoisotopic (exact) mass is 579 g/mol. The maximum atomic E-state index is 14.8. The van der Waals surface area contributed by atoms with Crippen molar-refractivity contribution in [2.24, 2.45) is 0 Å². The van der Waals surface area contributed by atoms with Crippen molar-refractivity contribution in [2.75, 3.05) is 70.4 Å². The van der Waals surface area contributed by atoms with Crippen LogP contribution in [0.5, 0.6) is 5.75 Å². The van der Waals surface area contributed by atoms with E-state index >= 15 is 0 Å². The van der Waals surface area contributed by atoms with Crippen LogP contribution in [0.25, 0.3) is 11.4 Å². The molecule has 1 amide bonds. The molecule has 224 valence electrons. The summed E-state index contributed by atoms with van der Waals surface area (Å²) >= 11 is 0. The van der Waals surface area contributed by atoms with Crippen LogP contribution in [0.1, 0.15) is 12.0 Å². The molecule has 1 aromatic heterocycles. The molecular formula is C30H38FN7O4. The highest BCUT2D eigenvalue weighted by molar-refractivity contribution is 5.77. The number of ether oxygens (including phenoxy) is 3. The molecule has 2 aliphatic rings. The lowest BCUT2D eigenvalue weighted by molar-refractivity contribution is -0.139. The van der Waals surface area contributed by atoms with Crippen LogP contribution in [-0.2, 0) is 14.3 Å². The van der Waals surface area contributed by atoms with Gasteiger partial charge in [0.25, 0.3) is 0 Å². The van der Waals surface area contributed by atoms with Crippen molar-refractivity contribution in [1.29, 1.82) is 0 Å². The fourth-order valence-corrected chi connectivity index (χ4v) is 4.88. The number of hydrogen-bond donors (Lipinski definition) is 2. The molecule has 12 heteroatoms. The van der Waals surface area contributed by atoms with Crippen LogP contribution in [0.2, 0.25) is 0 Å². The summed E-state index contributed by atoms with van der Waals surface area (Å²) in [4.78, 5) is 28.9. The van der Waals surface area contributed by atoms with Crippen molar-refractivity contribution in [3.8, 4) is 17.1 Å². The van der Waals surface area contributed by atoms with Crippen LogP contribution in [0.15, 0.2) is 48.8 Å². The van der Waals surface area contributed by atoms with E-state index in [1.165, 1.54) is 18.3 Å². The average molecular weight is 580 g/mol. The molecule has 0 spiro atoms. The third kappa shape index (κ3) is 7.50. The number of likely N-dealkylation sites (tertiary alicyclic amines) is 1. The third-order valence-corrected chi connectivity index (χ3v) is 7.47. The van der Waals surface area contributed by atoms with Crippen molar-refractivity contribution in [3.63, 3.8) is 0 Å². The molecule has 42 heavy (non-hydrogen) atoms. The van der Waals surface area contributed by atoms with Gasteiger partial charge >= 0.3 is 0 Å². The molecule has 2 aromatic carbocycles. The van der Waals surface area contributed by atoms with E-state index in [9.17, 15) is 9.18 Å². The summed E-state index contributed by atoms with van der Waals surface area (Å²) in [5.41, 5.74) is 3.61. The van der Waals surface area contributed by atoms with Crippen molar-refractivity contribution < 1.29 is 23.4 Å². The number of piperidine rings is 1. The van der Waals surface area contributed by atoms with E-state index in [-0.39, 0.29) is 19.1 Å². The minimum atomic E-state index is -1.28. The number of carbonyl (C=O) groups is 1.